The van der Waals surface area contributed by atoms with E-state index < -0.39 is 5.82 Å². The third-order valence-corrected chi connectivity index (χ3v) is 5.60. The van der Waals surface area contributed by atoms with E-state index in [1.807, 2.05) is 0 Å². The standard InChI is InChI=1S/C24H20FN5O/c25-19-11-16(22-13-28-23(14-27-22)31-17-4-2-1-3-5-17)7-8-18(19)24-29-20-9-6-15(12-26)10-21(20)30-24/h6-11,13-14,17H,1-5H2,(H,29,30). The zero-order chi connectivity index (χ0) is 21.2. The van der Waals surface area contributed by atoms with E-state index in [9.17, 15) is 4.39 Å². The van der Waals surface area contributed by atoms with Crippen LogP contribution in [0.15, 0.2) is 48.8 Å². The number of rotatable bonds is 4. The Hall–Kier alpha value is -3.79. The number of halogens is 1. The van der Waals surface area contributed by atoms with Gasteiger partial charge in [-0.25, -0.2) is 19.3 Å². The molecular weight excluding hydrogens is 393 g/mol. The number of fused-ring (bicyclic) bond motifs is 1. The van der Waals surface area contributed by atoms with Crippen molar-refractivity contribution < 1.29 is 9.13 Å². The zero-order valence-electron chi connectivity index (χ0n) is 16.8. The minimum atomic E-state index is -0.415. The molecule has 1 aliphatic carbocycles. The molecule has 5 rings (SSSR count). The lowest BCUT2D eigenvalue weighted by Gasteiger charge is -2.22. The molecule has 154 valence electrons. The Kier molecular flexibility index (Phi) is 5.04. The minimum absolute atomic E-state index is 0.207. The summed E-state index contributed by atoms with van der Waals surface area (Å²) in [6.07, 6.45) is 9.16. The van der Waals surface area contributed by atoms with Crippen molar-refractivity contribution in [3.63, 3.8) is 0 Å². The molecule has 0 radical (unpaired) electrons. The van der Waals surface area contributed by atoms with Crippen molar-refractivity contribution >= 4 is 11.0 Å². The first kappa shape index (κ1) is 19.2. The van der Waals surface area contributed by atoms with Gasteiger partial charge in [0.2, 0.25) is 5.88 Å². The third kappa shape index (κ3) is 3.97. The van der Waals surface area contributed by atoms with Gasteiger partial charge < -0.3 is 9.72 Å². The highest BCUT2D eigenvalue weighted by Crippen LogP contribution is 2.28. The van der Waals surface area contributed by atoms with E-state index in [1.165, 1.54) is 25.3 Å². The van der Waals surface area contributed by atoms with Crippen molar-refractivity contribution in [2.45, 2.75) is 38.2 Å². The Morgan fingerprint density at radius 2 is 1.90 bits per heavy atom. The molecule has 7 heteroatoms. The van der Waals surface area contributed by atoms with Crippen LogP contribution in [-0.2, 0) is 0 Å². The molecule has 0 saturated heterocycles. The molecule has 0 unspecified atom stereocenters. The largest absolute Gasteiger partial charge is 0.473 e. The van der Waals surface area contributed by atoms with Crippen LogP contribution in [0, 0.1) is 17.1 Å². The van der Waals surface area contributed by atoms with Gasteiger partial charge in [0, 0.05) is 5.56 Å². The van der Waals surface area contributed by atoms with Crippen molar-refractivity contribution in [3.05, 3.63) is 60.2 Å². The monoisotopic (exact) mass is 413 g/mol. The van der Waals surface area contributed by atoms with Crippen LogP contribution in [0.25, 0.3) is 33.7 Å². The van der Waals surface area contributed by atoms with E-state index in [-0.39, 0.29) is 6.10 Å². The van der Waals surface area contributed by atoms with Crippen molar-refractivity contribution in [2.24, 2.45) is 0 Å². The van der Waals surface area contributed by atoms with E-state index in [4.69, 9.17) is 10.00 Å². The number of aromatic amines is 1. The summed E-state index contributed by atoms with van der Waals surface area (Å²) in [5.74, 6) is 0.504. The Morgan fingerprint density at radius 1 is 1.03 bits per heavy atom. The van der Waals surface area contributed by atoms with Crippen molar-refractivity contribution in [1.29, 1.82) is 5.26 Å². The van der Waals surface area contributed by atoms with E-state index in [0.717, 1.165) is 12.8 Å². The highest BCUT2D eigenvalue weighted by atomic mass is 19.1. The number of benzene rings is 2. The molecular formula is C24H20FN5O. The van der Waals surface area contributed by atoms with Crippen LogP contribution in [0.4, 0.5) is 4.39 Å². The first-order valence-corrected chi connectivity index (χ1v) is 10.4. The number of H-pyrrole nitrogens is 1. The van der Waals surface area contributed by atoms with Gasteiger partial charge in [0.05, 0.1) is 46.3 Å². The van der Waals surface area contributed by atoms with Crippen LogP contribution in [0.5, 0.6) is 5.88 Å². The van der Waals surface area contributed by atoms with Gasteiger partial charge in [-0.3, -0.25) is 0 Å². The Bertz CT molecular complexity index is 1270. The quantitative estimate of drug-likeness (QED) is 0.483. The summed E-state index contributed by atoms with van der Waals surface area (Å²) in [6.45, 7) is 0. The smallest absolute Gasteiger partial charge is 0.232 e. The summed E-state index contributed by atoms with van der Waals surface area (Å²) in [6, 6.07) is 12.1. The number of hydrogen-bond donors (Lipinski definition) is 1. The first-order valence-electron chi connectivity index (χ1n) is 10.4. The van der Waals surface area contributed by atoms with Gasteiger partial charge in [0.15, 0.2) is 0 Å². The fourth-order valence-electron chi connectivity index (χ4n) is 3.95. The first-order chi connectivity index (χ1) is 15.2. The average molecular weight is 413 g/mol. The number of aromatic nitrogens is 4. The summed E-state index contributed by atoms with van der Waals surface area (Å²) in [7, 11) is 0. The van der Waals surface area contributed by atoms with Crippen LogP contribution in [0.1, 0.15) is 37.7 Å². The number of hydrogen-bond acceptors (Lipinski definition) is 5. The molecule has 0 aliphatic heterocycles. The molecule has 1 fully saturated rings. The summed E-state index contributed by atoms with van der Waals surface area (Å²) >= 11 is 0. The number of nitrogens with zero attached hydrogens (tertiary/aromatic N) is 4. The Balaban J connectivity index is 1.37. The second-order valence-corrected chi connectivity index (χ2v) is 7.74. The van der Waals surface area contributed by atoms with Crippen LogP contribution in [0.3, 0.4) is 0 Å². The summed E-state index contributed by atoms with van der Waals surface area (Å²) in [5.41, 5.74) is 3.44. The van der Waals surface area contributed by atoms with E-state index in [2.05, 4.69) is 26.0 Å². The second-order valence-electron chi connectivity index (χ2n) is 7.74. The lowest BCUT2D eigenvalue weighted by Crippen LogP contribution is -2.20. The predicted molar refractivity (Wildman–Crippen MR) is 115 cm³/mol. The molecule has 6 nitrogen and oxygen atoms in total. The molecule has 2 aromatic carbocycles. The van der Waals surface area contributed by atoms with Gasteiger partial charge in [-0.15, -0.1) is 0 Å². The van der Waals surface area contributed by atoms with Gasteiger partial charge in [0.1, 0.15) is 17.7 Å². The second kappa shape index (κ2) is 8.15. The number of nitrogens with one attached hydrogen (secondary N) is 1. The highest BCUT2D eigenvalue weighted by Gasteiger charge is 2.16. The van der Waals surface area contributed by atoms with Crippen molar-refractivity contribution in [3.8, 4) is 34.6 Å². The average Bonchev–Trinajstić information content (AvgIpc) is 3.23. The minimum Gasteiger partial charge on any atom is -0.473 e. The number of nitriles is 1. The molecule has 0 amide bonds. The molecule has 1 saturated carbocycles. The van der Waals surface area contributed by atoms with Crippen LogP contribution in [-0.4, -0.2) is 26.0 Å². The molecule has 4 aromatic rings. The lowest BCUT2D eigenvalue weighted by atomic mass is 9.98. The van der Waals surface area contributed by atoms with Gasteiger partial charge in [-0.05, 0) is 56.0 Å². The van der Waals surface area contributed by atoms with E-state index >= 15 is 0 Å². The molecule has 2 heterocycles. The Morgan fingerprint density at radius 3 is 2.65 bits per heavy atom. The van der Waals surface area contributed by atoms with Gasteiger partial charge in [-0.2, -0.15) is 5.26 Å². The molecule has 31 heavy (non-hydrogen) atoms. The molecule has 0 spiro atoms. The molecule has 0 bridgehead atoms. The number of ether oxygens (including phenoxy) is 1. The molecule has 1 aliphatic rings. The van der Waals surface area contributed by atoms with Crippen molar-refractivity contribution in [1.82, 2.24) is 19.9 Å². The fraction of sp³-hybridized carbons (Fsp3) is 0.250. The molecule has 2 aromatic heterocycles. The highest BCUT2D eigenvalue weighted by molar-refractivity contribution is 5.81. The van der Waals surface area contributed by atoms with Gasteiger partial charge in [-0.1, -0.05) is 12.5 Å². The maximum Gasteiger partial charge on any atom is 0.232 e. The molecule has 0 atom stereocenters. The summed E-state index contributed by atoms with van der Waals surface area (Å²) in [5, 5.41) is 9.04. The van der Waals surface area contributed by atoms with E-state index in [0.29, 0.717) is 45.1 Å². The number of imidazole rings is 1. The van der Waals surface area contributed by atoms with Crippen molar-refractivity contribution in [2.75, 3.05) is 0 Å². The van der Waals surface area contributed by atoms with Gasteiger partial charge in [0.25, 0.3) is 0 Å². The fourth-order valence-corrected chi connectivity index (χ4v) is 3.95. The van der Waals surface area contributed by atoms with Crippen LogP contribution in [0.2, 0.25) is 0 Å². The van der Waals surface area contributed by atoms with Crippen LogP contribution < -0.4 is 4.74 Å². The predicted octanol–water partition coefficient (Wildman–Crippen LogP) is 5.41. The SMILES string of the molecule is N#Cc1ccc2nc(-c3ccc(-c4cnc(OC5CCCCC5)cn4)cc3F)[nH]c2c1. The van der Waals surface area contributed by atoms with E-state index in [1.54, 1.807) is 42.7 Å². The lowest BCUT2D eigenvalue weighted by molar-refractivity contribution is 0.148. The summed E-state index contributed by atoms with van der Waals surface area (Å²) in [4.78, 5) is 16.3. The van der Waals surface area contributed by atoms with Crippen LogP contribution >= 0.6 is 0 Å². The van der Waals surface area contributed by atoms with Gasteiger partial charge >= 0.3 is 0 Å². The third-order valence-electron chi connectivity index (χ3n) is 5.60. The maximum atomic E-state index is 14.9. The zero-order valence-corrected chi connectivity index (χ0v) is 16.8. The summed E-state index contributed by atoms with van der Waals surface area (Å²) < 4.78 is 20.8. The topological polar surface area (TPSA) is 87.5 Å². The molecule has 1 N–H and O–H groups in total. The maximum absolute atomic E-state index is 14.9. The normalized spacial score (nSPS) is 14.5. The Labute approximate surface area is 178 Å².